The number of carbonyl (C=O) groups is 1. The van der Waals surface area contributed by atoms with Crippen molar-refractivity contribution in [1.29, 1.82) is 0 Å². The first kappa shape index (κ1) is 11.8. The van der Waals surface area contributed by atoms with E-state index in [-0.39, 0.29) is 11.9 Å². The van der Waals surface area contributed by atoms with Crippen molar-refractivity contribution in [3.05, 3.63) is 29.8 Å². The molecule has 0 amide bonds. The second-order valence-electron chi connectivity index (χ2n) is 5.53. The molecule has 1 saturated carbocycles. The third-order valence-corrected chi connectivity index (χ3v) is 4.28. The van der Waals surface area contributed by atoms with Crippen LogP contribution in [0.1, 0.15) is 55.3 Å². The Balaban J connectivity index is 1.78. The number of Topliss-reactive ketones (excluding diaryl/α,β-unsaturated/α-hetero) is 1. The van der Waals surface area contributed by atoms with Crippen LogP contribution in [0, 0.1) is 5.92 Å². The molecule has 18 heavy (non-hydrogen) atoms. The summed E-state index contributed by atoms with van der Waals surface area (Å²) in [4.78, 5) is 12.1. The van der Waals surface area contributed by atoms with E-state index in [0.717, 1.165) is 11.3 Å². The highest BCUT2D eigenvalue weighted by molar-refractivity contribution is 5.99. The van der Waals surface area contributed by atoms with Crippen LogP contribution in [-0.4, -0.2) is 11.9 Å². The minimum absolute atomic E-state index is 0.116. The van der Waals surface area contributed by atoms with Gasteiger partial charge in [-0.2, -0.15) is 0 Å². The molecule has 2 aliphatic rings. The molecule has 1 aromatic rings. The summed E-state index contributed by atoms with van der Waals surface area (Å²) in [5.74, 6) is 1.62. The van der Waals surface area contributed by atoms with Gasteiger partial charge in [-0.25, -0.2) is 0 Å². The van der Waals surface area contributed by atoms with Gasteiger partial charge in [-0.05, 0) is 30.9 Å². The van der Waals surface area contributed by atoms with E-state index >= 15 is 0 Å². The number of ether oxygens (including phenoxy) is 1. The molecule has 2 nitrogen and oxygen atoms in total. The van der Waals surface area contributed by atoms with Crippen molar-refractivity contribution in [2.45, 2.75) is 51.0 Å². The number of ketones is 1. The Morgan fingerprint density at radius 3 is 2.50 bits per heavy atom. The zero-order valence-corrected chi connectivity index (χ0v) is 10.7. The predicted octanol–water partition coefficient (Wildman–Crippen LogP) is 3.99. The van der Waals surface area contributed by atoms with E-state index in [4.69, 9.17) is 4.74 Å². The molecule has 1 aliphatic heterocycles. The quantitative estimate of drug-likeness (QED) is 0.698. The van der Waals surface area contributed by atoms with Crippen molar-refractivity contribution in [3.8, 4) is 5.75 Å². The van der Waals surface area contributed by atoms with Crippen LogP contribution in [-0.2, 0) is 0 Å². The van der Waals surface area contributed by atoms with Crippen LogP contribution in [0.25, 0.3) is 0 Å². The second-order valence-corrected chi connectivity index (χ2v) is 5.53. The number of fused-ring (bicyclic) bond motifs is 1. The smallest absolute Gasteiger partial charge is 0.170 e. The van der Waals surface area contributed by atoms with Crippen LogP contribution in [0.15, 0.2) is 24.3 Å². The lowest BCUT2D eigenvalue weighted by molar-refractivity contribution is 0.0703. The van der Waals surface area contributed by atoms with Crippen LogP contribution in [0.4, 0.5) is 0 Å². The average molecular weight is 244 g/mol. The number of hydrogen-bond acceptors (Lipinski definition) is 2. The van der Waals surface area contributed by atoms with E-state index in [1.165, 1.54) is 38.5 Å². The molecule has 1 atom stereocenters. The van der Waals surface area contributed by atoms with E-state index in [0.29, 0.717) is 12.3 Å². The molecule has 1 aliphatic carbocycles. The Morgan fingerprint density at radius 2 is 1.72 bits per heavy atom. The maximum Gasteiger partial charge on any atom is 0.170 e. The molecular formula is C16H20O2. The molecule has 3 rings (SSSR count). The van der Waals surface area contributed by atoms with Crippen molar-refractivity contribution in [3.63, 3.8) is 0 Å². The second kappa shape index (κ2) is 5.13. The minimum atomic E-state index is 0.116. The highest BCUT2D eigenvalue weighted by Gasteiger charge is 2.32. The van der Waals surface area contributed by atoms with Gasteiger partial charge in [0.1, 0.15) is 11.9 Å². The molecule has 0 radical (unpaired) electrons. The summed E-state index contributed by atoms with van der Waals surface area (Å²) in [5, 5.41) is 0. The van der Waals surface area contributed by atoms with Gasteiger partial charge in [-0.3, -0.25) is 4.79 Å². The van der Waals surface area contributed by atoms with Crippen LogP contribution >= 0.6 is 0 Å². The topological polar surface area (TPSA) is 26.3 Å². The number of para-hydroxylation sites is 1. The van der Waals surface area contributed by atoms with Crippen LogP contribution in [0.2, 0.25) is 0 Å². The number of carbonyl (C=O) groups excluding carboxylic acids is 1. The Morgan fingerprint density at radius 1 is 1.00 bits per heavy atom. The molecule has 2 heteroatoms. The third kappa shape index (κ3) is 2.29. The average Bonchev–Trinajstić information content (AvgIpc) is 2.67. The van der Waals surface area contributed by atoms with Gasteiger partial charge in [0.15, 0.2) is 5.78 Å². The zero-order valence-electron chi connectivity index (χ0n) is 10.7. The summed E-state index contributed by atoms with van der Waals surface area (Å²) in [6, 6.07) is 7.66. The Bertz CT molecular complexity index is 430. The zero-order chi connectivity index (χ0) is 12.4. The summed E-state index contributed by atoms with van der Waals surface area (Å²) in [5.41, 5.74) is 0.766. The first-order chi connectivity index (χ1) is 8.84. The maximum absolute atomic E-state index is 12.1. The number of benzene rings is 1. The molecule has 1 heterocycles. The fourth-order valence-corrected chi connectivity index (χ4v) is 3.24. The Kier molecular flexibility index (Phi) is 3.35. The monoisotopic (exact) mass is 244 g/mol. The highest BCUT2D eigenvalue weighted by atomic mass is 16.5. The van der Waals surface area contributed by atoms with Gasteiger partial charge >= 0.3 is 0 Å². The normalized spacial score (nSPS) is 25.1. The molecule has 0 aromatic heterocycles. The van der Waals surface area contributed by atoms with Gasteiger partial charge in [0.05, 0.1) is 5.56 Å². The summed E-state index contributed by atoms with van der Waals surface area (Å²) in [6.45, 7) is 0. The standard InChI is InChI=1S/C16H20O2/c17-14-11-16(12-7-3-1-2-4-8-12)18-15-10-6-5-9-13(14)15/h5-6,9-10,12,16H,1-4,7-8,11H2. The van der Waals surface area contributed by atoms with Crippen molar-refractivity contribution in [2.75, 3.05) is 0 Å². The maximum atomic E-state index is 12.1. The van der Waals surface area contributed by atoms with Gasteiger partial charge < -0.3 is 4.74 Å². The number of rotatable bonds is 1. The molecule has 1 fully saturated rings. The largest absolute Gasteiger partial charge is 0.489 e. The Labute approximate surface area is 108 Å². The van der Waals surface area contributed by atoms with Gasteiger partial charge in [-0.15, -0.1) is 0 Å². The van der Waals surface area contributed by atoms with Crippen LogP contribution in [0.5, 0.6) is 5.75 Å². The molecule has 0 N–H and O–H groups in total. The lowest BCUT2D eigenvalue weighted by Crippen LogP contribution is -2.33. The molecule has 0 spiro atoms. The summed E-state index contributed by atoms with van der Waals surface area (Å²) >= 11 is 0. The van der Waals surface area contributed by atoms with Gasteiger partial charge in [0, 0.05) is 6.42 Å². The summed E-state index contributed by atoms with van der Waals surface area (Å²) < 4.78 is 6.08. The molecule has 0 bridgehead atoms. The first-order valence-corrected chi connectivity index (χ1v) is 7.13. The van der Waals surface area contributed by atoms with Crippen molar-refractivity contribution >= 4 is 5.78 Å². The predicted molar refractivity (Wildman–Crippen MR) is 71.0 cm³/mol. The molecule has 0 saturated heterocycles. The lowest BCUT2D eigenvalue weighted by atomic mass is 9.87. The minimum Gasteiger partial charge on any atom is -0.489 e. The highest BCUT2D eigenvalue weighted by Crippen LogP contribution is 2.35. The molecular weight excluding hydrogens is 224 g/mol. The van der Waals surface area contributed by atoms with Crippen LogP contribution < -0.4 is 4.74 Å². The van der Waals surface area contributed by atoms with E-state index in [9.17, 15) is 4.79 Å². The van der Waals surface area contributed by atoms with E-state index in [2.05, 4.69) is 0 Å². The summed E-state index contributed by atoms with van der Waals surface area (Å²) in [7, 11) is 0. The van der Waals surface area contributed by atoms with Crippen LogP contribution in [0.3, 0.4) is 0 Å². The number of hydrogen-bond donors (Lipinski definition) is 0. The molecule has 1 unspecified atom stereocenters. The van der Waals surface area contributed by atoms with Crippen molar-refractivity contribution in [2.24, 2.45) is 5.92 Å². The van der Waals surface area contributed by atoms with Gasteiger partial charge in [0.2, 0.25) is 0 Å². The Hall–Kier alpha value is -1.31. The van der Waals surface area contributed by atoms with E-state index in [1.807, 2.05) is 24.3 Å². The molecule has 96 valence electrons. The molecule has 1 aromatic carbocycles. The van der Waals surface area contributed by atoms with E-state index in [1.54, 1.807) is 0 Å². The van der Waals surface area contributed by atoms with Crippen molar-refractivity contribution < 1.29 is 9.53 Å². The SMILES string of the molecule is O=C1CC(C2CCCCCC2)Oc2ccccc21. The van der Waals surface area contributed by atoms with Gasteiger partial charge in [0.25, 0.3) is 0 Å². The summed E-state index contributed by atoms with van der Waals surface area (Å²) in [6.07, 6.45) is 8.40. The van der Waals surface area contributed by atoms with Crippen molar-refractivity contribution in [1.82, 2.24) is 0 Å². The lowest BCUT2D eigenvalue weighted by Gasteiger charge is -2.31. The fraction of sp³-hybridized carbons (Fsp3) is 0.562. The first-order valence-electron chi connectivity index (χ1n) is 7.13. The van der Waals surface area contributed by atoms with Gasteiger partial charge in [-0.1, -0.05) is 37.8 Å². The third-order valence-electron chi connectivity index (χ3n) is 4.28. The van der Waals surface area contributed by atoms with E-state index < -0.39 is 0 Å². The fourth-order valence-electron chi connectivity index (χ4n) is 3.24.